The number of nitrogens with zero attached hydrogens (tertiary/aromatic N) is 3. The normalized spacial score (nSPS) is 11.1. The van der Waals surface area contributed by atoms with E-state index in [1.165, 1.54) is 33.0 Å². The number of hydrogen-bond donors (Lipinski definition) is 0. The first-order valence-corrected chi connectivity index (χ1v) is 11.3. The van der Waals surface area contributed by atoms with Crippen LogP contribution < -0.4 is 0 Å². The third-order valence-electron chi connectivity index (χ3n) is 6.50. The van der Waals surface area contributed by atoms with Crippen LogP contribution in [0.5, 0.6) is 0 Å². The summed E-state index contributed by atoms with van der Waals surface area (Å²) in [6.07, 6.45) is 3.53. The Labute approximate surface area is 198 Å². The van der Waals surface area contributed by atoms with E-state index in [9.17, 15) is 5.26 Å². The van der Waals surface area contributed by atoms with Gasteiger partial charge in [0.25, 0.3) is 0 Å². The molecule has 34 heavy (non-hydrogen) atoms. The Kier molecular flexibility index (Phi) is 4.71. The van der Waals surface area contributed by atoms with E-state index in [0.29, 0.717) is 5.56 Å². The van der Waals surface area contributed by atoms with Crippen molar-refractivity contribution >= 4 is 21.8 Å². The van der Waals surface area contributed by atoms with Crippen molar-refractivity contribution in [2.45, 2.75) is 6.92 Å². The summed E-state index contributed by atoms with van der Waals surface area (Å²) in [6.45, 7) is 2.16. The van der Waals surface area contributed by atoms with Crippen LogP contribution in [0.1, 0.15) is 11.1 Å². The Morgan fingerprint density at radius 2 is 1.44 bits per heavy atom. The lowest BCUT2D eigenvalue weighted by atomic mass is 9.97. The second kappa shape index (κ2) is 8.03. The first-order chi connectivity index (χ1) is 16.8. The lowest BCUT2D eigenvalue weighted by molar-refractivity contribution is 1.18. The van der Waals surface area contributed by atoms with Crippen molar-refractivity contribution in [2.24, 2.45) is 0 Å². The predicted molar refractivity (Wildman–Crippen MR) is 139 cm³/mol. The van der Waals surface area contributed by atoms with Crippen molar-refractivity contribution in [3.05, 3.63) is 121 Å². The van der Waals surface area contributed by atoms with Gasteiger partial charge < -0.3 is 4.57 Å². The quantitative estimate of drug-likeness (QED) is 0.286. The summed E-state index contributed by atoms with van der Waals surface area (Å²) in [5, 5.41) is 12.2. The molecule has 0 saturated carbocycles. The SMILES string of the molecule is Cc1ccccc1-c1cccc2c3ccccc3n(-c3ccc(C#N)c(-c4ccncc4)c3)c12. The van der Waals surface area contributed by atoms with Crippen molar-refractivity contribution in [3.63, 3.8) is 0 Å². The van der Waals surface area contributed by atoms with Crippen LogP contribution >= 0.6 is 0 Å². The highest BCUT2D eigenvalue weighted by Gasteiger charge is 2.18. The molecule has 0 amide bonds. The molecule has 2 aromatic heterocycles. The predicted octanol–water partition coefficient (Wildman–Crippen LogP) is 7.69. The van der Waals surface area contributed by atoms with Gasteiger partial charge >= 0.3 is 0 Å². The van der Waals surface area contributed by atoms with Gasteiger partial charge in [0.2, 0.25) is 0 Å². The number of para-hydroxylation sites is 2. The lowest BCUT2D eigenvalue weighted by Gasteiger charge is -2.15. The monoisotopic (exact) mass is 435 g/mol. The summed E-state index contributed by atoms with van der Waals surface area (Å²) < 4.78 is 2.33. The molecule has 6 rings (SSSR count). The molecular formula is C31H21N3. The number of fused-ring (bicyclic) bond motifs is 3. The molecule has 0 fully saturated rings. The van der Waals surface area contributed by atoms with Gasteiger partial charge in [-0.3, -0.25) is 4.98 Å². The van der Waals surface area contributed by atoms with Crippen LogP contribution in [0.3, 0.4) is 0 Å². The highest BCUT2D eigenvalue weighted by molar-refractivity contribution is 6.14. The van der Waals surface area contributed by atoms with Crippen LogP contribution in [0.25, 0.3) is 49.7 Å². The van der Waals surface area contributed by atoms with Gasteiger partial charge in [-0.1, -0.05) is 60.7 Å². The molecule has 0 bridgehead atoms. The molecule has 2 heterocycles. The summed E-state index contributed by atoms with van der Waals surface area (Å²) in [5.74, 6) is 0. The fourth-order valence-corrected chi connectivity index (χ4v) is 4.92. The smallest absolute Gasteiger partial charge is 0.0998 e. The molecule has 0 spiro atoms. The van der Waals surface area contributed by atoms with Gasteiger partial charge in [0, 0.05) is 40.0 Å². The van der Waals surface area contributed by atoms with Gasteiger partial charge in [0.1, 0.15) is 0 Å². The van der Waals surface area contributed by atoms with Gasteiger partial charge in [-0.2, -0.15) is 5.26 Å². The first kappa shape index (κ1) is 20.0. The van der Waals surface area contributed by atoms with E-state index < -0.39 is 0 Å². The Morgan fingerprint density at radius 3 is 2.26 bits per heavy atom. The second-order valence-corrected chi connectivity index (χ2v) is 8.45. The Morgan fingerprint density at radius 1 is 0.706 bits per heavy atom. The van der Waals surface area contributed by atoms with E-state index in [1.807, 2.05) is 24.3 Å². The standard InChI is InChI=1S/C31H21N3/c1-21-7-2-3-8-25(21)27-10-6-11-28-26-9-4-5-12-30(26)34(31(27)28)24-14-13-23(20-32)29(19-24)22-15-17-33-18-16-22/h2-19H,1H3. The molecule has 6 aromatic rings. The van der Waals surface area contributed by atoms with Crippen LogP contribution in [-0.2, 0) is 0 Å². The maximum Gasteiger partial charge on any atom is 0.0998 e. The molecular weight excluding hydrogens is 414 g/mol. The van der Waals surface area contributed by atoms with Gasteiger partial charge in [0.05, 0.1) is 22.7 Å². The van der Waals surface area contributed by atoms with E-state index in [2.05, 4.69) is 95.3 Å². The van der Waals surface area contributed by atoms with Gasteiger partial charge in [-0.15, -0.1) is 0 Å². The van der Waals surface area contributed by atoms with Crippen molar-refractivity contribution in [1.29, 1.82) is 5.26 Å². The number of rotatable bonds is 3. The van der Waals surface area contributed by atoms with Crippen molar-refractivity contribution in [2.75, 3.05) is 0 Å². The molecule has 0 aliphatic heterocycles. The van der Waals surface area contributed by atoms with Gasteiger partial charge in [-0.05, 0) is 60.0 Å². The molecule has 0 unspecified atom stereocenters. The highest BCUT2D eigenvalue weighted by atomic mass is 15.0. The third-order valence-corrected chi connectivity index (χ3v) is 6.50. The molecule has 160 valence electrons. The molecule has 3 nitrogen and oxygen atoms in total. The lowest BCUT2D eigenvalue weighted by Crippen LogP contribution is -1.98. The zero-order valence-electron chi connectivity index (χ0n) is 18.7. The van der Waals surface area contributed by atoms with E-state index in [-0.39, 0.29) is 0 Å². The largest absolute Gasteiger partial charge is 0.309 e. The van der Waals surface area contributed by atoms with Crippen LogP contribution in [-0.4, -0.2) is 9.55 Å². The summed E-state index contributed by atoms with van der Waals surface area (Å²) in [6, 6.07) is 35.9. The van der Waals surface area contributed by atoms with E-state index in [1.54, 1.807) is 12.4 Å². The van der Waals surface area contributed by atoms with Gasteiger partial charge in [0.15, 0.2) is 0 Å². The molecule has 0 aliphatic carbocycles. The summed E-state index contributed by atoms with van der Waals surface area (Å²) in [7, 11) is 0. The maximum atomic E-state index is 9.80. The van der Waals surface area contributed by atoms with Crippen molar-refractivity contribution < 1.29 is 0 Å². The topological polar surface area (TPSA) is 41.6 Å². The summed E-state index contributed by atoms with van der Waals surface area (Å²) >= 11 is 0. The van der Waals surface area contributed by atoms with Crippen LogP contribution in [0.15, 0.2) is 109 Å². The molecule has 4 aromatic carbocycles. The fraction of sp³-hybridized carbons (Fsp3) is 0.0323. The van der Waals surface area contributed by atoms with E-state index in [4.69, 9.17) is 0 Å². The summed E-state index contributed by atoms with van der Waals surface area (Å²) in [4.78, 5) is 4.15. The Bertz CT molecular complexity index is 1720. The molecule has 0 atom stereocenters. The number of hydrogen-bond acceptors (Lipinski definition) is 2. The van der Waals surface area contributed by atoms with Crippen LogP contribution in [0.2, 0.25) is 0 Å². The number of benzene rings is 4. The third kappa shape index (κ3) is 3.09. The fourth-order valence-electron chi connectivity index (χ4n) is 4.92. The molecule has 3 heteroatoms. The number of nitriles is 1. The van der Waals surface area contributed by atoms with Crippen LogP contribution in [0, 0.1) is 18.3 Å². The van der Waals surface area contributed by atoms with Gasteiger partial charge in [-0.25, -0.2) is 0 Å². The average Bonchev–Trinajstić information content (AvgIpc) is 3.24. The average molecular weight is 436 g/mol. The highest BCUT2D eigenvalue weighted by Crippen LogP contribution is 2.39. The minimum Gasteiger partial charge on any atom is -0.309 e. The second-order valence-electron chi connectivity index (χ2n) is 8.45. The summed E-state index contributed by atoms with van der Waals surface area (Å²) in [5.41, 5.74) is 9.53. The first-order valence-electron chi connectivity index (χ1n) is 11.3. The number of aryl methyl sites for hydroxylation is 1. The van der Waals surface area contributed by atoms with Crippen LogP contribution in [0.4, 0.5) is 0 Å². The minimum atomic E-state index is 0.648. The minimum absolute atomic E-state index is 0.648. The Balaban J connectivity index is 1.73. The number of pyridine rings is 1. The molecule has 0 aliphatic rings. The zero-order chi connectivity index (χ0) is 23.1. The molecule has 0 radical (unpaired) electrons. The zero-order valence-corrected chi connectivity index (χ0v) is 18.7. The van der Waals surface area contributed by atoms with E-state index >= 15 is 0 Å². The Hall–Kier alpha value is -4.68. The van der Waals surface area contributed by atoms with Crippen molar-refractivity contribution in [1.82, 2.24) is 9.55 Å². The molecule has 0 saturated heterocycles. The number of aromatic nitrogens is 2. The molecule has 0 N–H and O–H groups in total. The van der Waals surface area contributed by atoms with Crippen molar-refractivity contribution in [3.8, 4) is 34.0 Å². The maximum absolute atomic E-state index is 9.80. The van der Waals surface area contributed by atoms with E-state index in [0.717, 1.165) is 22.3 Å².